The van der Waals surface area contributed by atoms with Crippen LogP contribution in [0.15, 0.2) is 12.1 Å². The Hall–Kier alpha value is -1.01. The van der Waals surface area contributed by atoms with Crippen LogP contribution in [0.2, 0.25) is 0 Å². The van der Waals surface area contributed by atoms with E-state index in [1.807, 2.05) is 12.1 Å². The minimum atomic E-state index is -0.486. The van der Waals surface area contributed by atoms with Crippen molar-refractivity contribution in [1.29, 1.82) is 0 Å². The third-order valence-electron chi connectivity index (χ3n) is 3.61. The lowest BCUT2D eigenvalue weighted by Crippen LogP contribution is -2.46. The molecule has 1 aliphatic carbocycles. The molecule has 3 N–H and O–H groups in total. The number of aliphatic hydroxyl groups is 2. The highest BCUT2D eigenvalue weighted by atomic mass is 35.5. The summed E-state index contributed by atoms with van der Waals surface area (Å²) >= 11 is 0. The smallest absolute Gasteiger partial charge is 0.122 e. The fourth-order valence-electron chi connectivity index (χ4n) is 2.65. The van der Waals surface area contributed by atoms with Crippen molar-refractivity contribution in [3.8, 4) is 11.5 Å². The summed E-state index contributed by atoms with van der Waals surface area (Å²) in [6.07, 6.45) is 0.704. The second-order valence-electron chi connectivity index (χ2n) is 4.69. The molecular weight excluding hydrogens is 282 g/mol. The number of halogens is 1. The summed E-state index contributed by atoms with van der Waals surface area (Å²) in [5, 5.41) is 22.2. The van der Waals surface area contributed by atoms with Gasteiger partial charge < -0.3 is 25.0 Å². The number of ether oxygens (including phenoxy) is 2. The number of aliphatic hydroxyl groups excluding tert-OH is 2. The van der Waals surface area contributed by atoms with Crippen LogP contribution in [0.4, 0.5) is 0 Å². The number of nitrogens with one attached hydrogen (secondary N) is 1. The Balaban J connectivity index is 0.00000200. The first-order chi connectivity index (χ1) is 9.21. The molecule has 0 bridgehead atoms. The van der Waals surface area contributed by atoms with Gasteiger partial charge in [0.2, 0.25) is 0 Å². The lowest BCUT2D eigenvalue weighted by molar-refractivity contribution is 0.114. The lowest BCUT2D eigenvalue weighted by Gasteiger charge is -2.32. The van der Waals surface area contributed by atoms with Crippen LogP contribution >= 0.6 is 12.4 Å². The normalized spacial score (nSPS) is 20.8. The van der Waals surface area contributed by atoms with Crippen molar-refractivity contribution >= 4 is 12.4 Å². The van der Waals surface area contributed by atoms with Gasteiger partial charge in [0.25, 0.3) is 0 Å². The van der Waals surface area contributed by atoms with Crippen LogP contribution in [0.25, 0.3) is 0 Å². The Kier molecular flexibility index (Phi) is 6.55. The molecule has 0 amide bonds. The molecule has 6 heteroatoms. The molecular formula is C14H22ClNO4. The minimum Gasteiger partial charge on any atom is -0.496 e. The van der Waals surface area contributed by atoms with E-state index in [-0.39, 0.29) is 25.1 Å². The van der Waals surface area contributed by atoms with E-state index in [1.165, 1.54) is 0 Å². The summed E-state index contributed by atoms with van der Waals surface area (Å²) in [5.41, 5.74) is 2.08. The molecule has 114 valence electrons. The van der Waals surface area contributed by atoms with E-state index >= 15 is 0 Å². The van der Waals surface area contributed by atoms with Gasteiger partial charge in [0.05, 0.1) is 26.9 Å². The Morgan fingerprint density at radius 2 is 1.70 bits per heavy atom. The van der Waals surface area contributed by atoms with E-state index in [2.05, 4.69) is 5.32 Å². The number of hydrogen-bond donors (Lipinski definition) is 3. The highest BCUT2D eigenvalue weighted by Gasteiger charge is 2.30. The Morgan fingerprint density at radius 3 is 2.20 bits per heavy atom. The van der Waals surface area contributed by atoms with Gasteiger partial charge in [-0.3, -0.25) is 0 Å². The Labute approximate surface area is 125 Å². The zero-order chi connectivity index (χ0) is 13.8. The summed E-state index contributed by atoms with van der Waals surface area (Å²) < 4.78 is 10.7. The summed E-state index contributed by atoms with van der Waals surface area (Å²) in [6, 6.07) is 3.69. The zero-order valence-electron chi connectivity index (χ0n) is 11.8. The number of hydrogen-bond acceptors (Lipinski definition) is 5. The van der Waals surface area contributed by atoms with Gasteiger partial charge in [-0.05, 0) is 18.6 Å². The van der Waals surface area contributed by atoms with Crippen LogP contribution in [-0.2, 0) is 12.8 Å². The molecule has 2 unspecified atom stereocenters. The molecule has 0 heterocycles. The predicted molar refractivity (Wildman–Crippen MR) is 79.1 cm³/mol. The van der Waals surface area contributed by atoms with Gasteiger partial charge in [-0.1, -0.05) is 0 Å². The average molecular weight is 304 g/mol. The second kappa shape index (κ2) is 7.69. The first-order valence-electron chi connectivity index (χ1n) is 6.46. The monoisotopic (exact) mass is 303 g/mol. The van der Waals surface area contributed by atoms with Crippen LogP contribution < -0.4 is 14.8 Å². The maximum absolute atomic E-state index is 10.2. The van der Waals surface area contributed by atoms with E-state index in [4.69, 9.17) is 14.6 Å². The summed E-state index contributed by atoms with van der Waals surface area (Å²) in [6.45, 7) is 0.536. The average Bonchev–Trinajstić information content (AvgIpc) is 2.44. The third-order valence-corrected chi connectivity index (χ3v) is 3.61. The van der Waals surface area contributed by atoms with Gasteiger partial charge in [0, 0.05) is 30.1 Å². The molecule has 2 rings (SSSR count). The van der Waals surface area contributed by atoms with Crippen molar-refractivity contribution in [3.05, 3.63) is 23.3 Å². The second-order valence-corrected chi connectivity index (χ2v) is 4.69. The molecule has 0 aliphatic heterocycles. The topological polar surface area (TPSA) is 71.0 Å². The van der Waals surface area contributed by atoms with Crippen molar-refractivity contribution < 1.29 is 19.7 Å². The molecule has 20 heavy (non-hydrogen) atoms. The summed E-state index contributed by atoms with van der Waals surface area (Å²) in [7, 11) is 3.27. The third kappa shape index (κ3) is 3.35. The van der Waals surface area contributed by atoms with Crippen molar-refractivity contribution in [1.82, 2.24) is 5.32 Å². The number of rotatable bonds is 5. The van der Waals surface area contributed by atoms with Crippen molar-refractivity contribution in [3.63, 3.8) is 0 Å². The largest absolute Gasteiger partial charge is 0.496 e. The molecule has 2 atom stereocenters. The predicted octanol–water partition coefficient (Wildman–Crippen LogP) is 0.536. The Bertz CT molecular complexity index is 441. The van der Waals surface area contributed by atoms with Gasteiger partial charge in [-0.25, -0.2) is 0 Å². The highest BCUT2D eigenvalue weighted by Crippen LogP contribution is 2.36. The van der Waals surface area contributed by atoms with E-state index in [0.29, 0.717) is 19.4 Å². The van der Waals surface area contributed by atoms with Gasteiger partial charge in [-0.2, -0.15) is 0 Å². The first kappa shape index (κ1) is 17.0. The molecule has 1 aliphatic rings. The molecule has 1 aromatic rings. The molecule has 0 radical (unpaired) electrons. The van der Waals surface area contributed by atoms with Crippen LogP contribution in [0, 0.1) is 0 Å². The molecule has 1 aromatic carbocycles. The zero-order valence-corrected chi connectivity index (χ0v) is 12.6. The van der Waals surface area contributed by atoms with Gasteiger partial charge >= 0.3 is 0 Å². The Morgan fingerprint density at radius 1 is 1.15 bits per heavy atom. The summed E-state index contributed by atoms with van der Waals surface area (Å²) in [5.74, 6) is 1.61. The van der Waals surface area contributed by atoms with E-state index in [9.17, 15) is 5.11 Å². The van der Waals surface area contributed by atoms with Crippen LogP contribution in [-0.4, -0.2) is 49.7 Å². The van der Waals surface area contributed by atoms with Gasteiger partial charge in [0.15, 0.2) is 0 Å². The molecule has 0 saturated heterocycles. The SMILES string of the molecule is COc1ccc(OC)c2c1CC(O)C(NCCO)C2.Cl. The number of methoxy groups -OCH3 is 2. The van der Waals surface area contributed by atoms with E-state index in [0.717, 1.165) is 22.6 Å². The maximum Gasteiger partial charge on any atom is 0.122 e. The fourth-order valence-corrected chi connectivity index (χ4v) is 2.65. The maximum atomic E-state index is 10.2. The minimum absolute atomic E-state index is 0. The molecule has 5 nitrogen and oxygen atoms in total. The van der Waals surface area contributed by atoms with Gasteiger partial charge in [0.1, 0.15) is 11.5 Å². The van der Waals surface area contributed by atoms with Gasteiger partial charge in [-0.15, -0.1) is 12.4 Å². The van der Waals surface area contributed by atoms with Crippen molar-refractivity contribution in [2.75, 3.05) is 27.4 Å². The molecule has 0 spiro atoms. The first-order valence-corrected chi connectivity index (χ1v) is 6.46. The van der Waals surface area contributed by atoms with E-state index < -0.39 is 6.10 Å². The quantitative estimate of drug-likeness (QED) is 0.740. The fraction of sp³-hybridized carbons (Fsp3) is 0.571. The highest BCUT2D eigenvalue weighted by molar-refractivity contribution is 5.85. The van der Waals surface area contributed by atoms with Crippen LogP contribution in [0.3, 0.4) is 0 Å². The van der Waals surface area contributed by atoms with Crippen LogP contribution in [0.1, 0.15) is 11.1 Å². The summed E-state index contributed by atoms with van der Waals surface area (Å²) in [4.78, 5) is 0. The van der Waals surface area contributed by atoms with E-state index in [1.54, 1.807) is 14.2 Å². The number of fused-ring (bicyclic) bond motifs is 1. The standard InChI is InChI=1S/C14H21NO4.ClH/c1-18-13-3-4-14(19-2)10-8-12(17)11(7-9(10)13)15-5-6-16;/h3-4,11-12,15-17H,5-8H2,1-2H3;1H. The number of benzene rings is 1. The molecule has 0 aromatic heterocycles. The molecule has 0 saturated carbocycles. The van der Waals surface area contributed by atoms with Crippen LogP contribution in [0.5, 0.6) is 11.5 Å². The van der Waals surface area contributed by atoms with Crippen molar-refractivity contribution in [2.24, 2.45) is 0 Å². The lowest BCUT2D eigenvalue weighted by atomic mass is 9.85. The molecule has 0 fully saturated rings. The van der Waals surface area contributed by atoms with Crippen molar-refractivity contribution in [2.45, 2.75) is 25.0 Å².